The normalized spacial score (nSPS) is 20.6. The molecule has 1 fully saturated rings. The van der Waals surface area contributed by atoms with Crippen LogP contribution in [0, 0.1) is 6.92 Å². The maximum absolute atomic E-state index is 12.4. The van der Waals surface area contributed by atoms with Gasteiger partial charge in [-0.2, -0.15) is 0 Å². The number of carbonyl (C=O) groups excluding carboxylic acids is 2. The van der Waals surface area contributed by atoms with Gasteiger partial charge in [-0.25, -0.2) is 0 Å². The van der Waals surface area contributed by atoms with Crippen molar-refractivity contribution in [2.24, 2.45) is 5.73 Å². The third-order valence-electron chi connectivity index (χ3n) is 3.51. The molecule has 0 aromatic heterocycles. The summed E-state index contributed by atoms with van der Waals surface area (Å²) in [4.78, 5) is 25.8. The molecule has 2 amide bonds. The minimum atomic E-state index is -0.599. The highest BCUT2D eigenvalue weighted by Crippen LogP contribution is 2.21. The van der Waals surface area contributed by atoms with Crippen molar-refractivity contribution in [1.82, 2.24) is 5.32 Å². The number of carbonyl (C=O) groups is 2. The van der Waals surface area contributed by atoms with Crippen LogP contribution >= 0.6 is 0 Å². The Morgan fingerprint density at radius 2 is 2.05 bits per heavy atom. The number of nitrogens with two attached hydrogens (primary N) is 1. The SMILES string of the molecule is Cc1ccc(N2CCCC(NC(=O)[C@H](C)N)C2=O)cc1. The summed E-state index contributed by atoms with van der Waals surface area (Å²) in [6.45, 7) is 4.31. The molecule has 0 saturated carbocycles. The van der Waals surface area contributed by atoms with Crippen LogP contribution in [0.4, 0.5) is 5.69 Å². The number of benzene rings is 1. The van der Waals surface area contributed by atoms with Crippen molar-refractivity contribution in [3.63, 3.8) is 0 Å². The second kappa shape index (κ2) is 6.05. The van der Waals surface area contributed by atoms with E-state index in [9.17, 15) is 9.59 Å². The molecule has 1 aromatic carbocycles. The van der Waals surface area contributed by atoms with E-state index in [1.807, 2.05) is 31.2 Å². The van der Waals surface area contributed by atoms with E-state index in [2.05, 4.69) is 5.32 Å². The number of hydrogen-bond donors (Lipinski definition) is 2. The van der Waals surface area contributed by atoms with E-state index in [1.165, 1.54) is 0 Å². The molecule has 2 rings (SSSR count). The molecule has 5 heteroatoms. The van der Waals surface area contributed by atoms with E-state index in [4.69, 9.17) is 5.73 Å². The van der Waals surface area contributed by atoms with Crippen LogP contribution in [0.15, 0.2) is 24.3 Å². The number of piperidine rings is 1. The molecule has 0 spiro atoms. The summed E-state index contributed by atoms with van der Waals surface area (Å²) in [6, 6.07) is 6.76. The molecule has 5 nitrogen and oxygen atoms in total. The lowest BCUT2D eigenvalue weighted by Gasteiger charge is -2.33. The summed E-state index contributed by atoms with van der Waals surface area (Å²) >= 11 is 0. The number of amides is 2. The molecule has 0 aliphatic carbocycles. The molecule has 1 aliphatic heterocycles. The highest BCUT2D eigenvalue weighted by atomic mass is 16.2. The van der Waals surface area contributed by atoms with Gasteiger partial charge in [-0.1, -0.05) is 17.7 Å². The predicted molar refractivity (Wildman–Crippen MR) is 78.3 cm³/mol. The van der Waals surface area contributed by atoms with Crippen molar-refractivity contribution >= 4 is 17.5 Å². The summed E-state index contributed by atoms with van der Waals surface area (Å²) in [5, 5.41) is 2.72. The van der Waals surface area contributed by atoms with Crippen LogP contribution in [0.2, 0.25) is 0 Å². The summed E-state index contributed by atoms with van der Waals surface area (Å²) < 4.78 is 0. The summed E-state index contributed by atoms with van der Waals surface area (Å²) in [7, 11) is 0. The first-order chi connectivity index (χ1) is 9.49. The third-order valence-corrected chi connectivity index (χ3v) is 3.51. The number of anilines is 1. The lowest BCUT2D eigenvalue weighted by molar-refractivity contribution is -0.128. The second-order valence-electron chi connectivity index (χ2n) is 5.32. The van der Waals surface area contributed by atoms with Crippen LogP contribution in [0.25, 0.3) is 0 Å². The molecule has 108 valence electrons. The number of hydrogen-bond acceptors (Lipinski definition) is 3. The maximum Gasteiger partial charge on any atom is 0.249 e. The van der Waals surface area contributed by atoms with Crippen LogP contribution in [0.3, 0.4) is 0 Å². The van der Waals surface area contributed by atoms with Crippen molar-refractivity contribution in [2.45, 2.75) is 38.8 Å². The van der Waals surface area contributed by atoms with E-state index < -0.39 is 12.1 Å². The van der Waals surface area contributed by atoms with Crippen LogP contribution in [0.1, 0.15) is 25.3 Å². The van der Waals surface area contributed by atoms with Gasteiger partial charge in [0.1, 0.15) is 6.04 Å². The van der Waals surface area contributed by atoms with Gasteiger partial charge in [0.2, 0.25) is 11.8 Å². The van der Waals surface area contributed by atoms with E-state index in [-0.39, 0.29) is 11.8 Å². The number of rotatable bonds is 3. The average Bonchev–Trinajstić information content (AvgIpc) is 2.42. The maximum atomic E-state index is 12.4. The molecular weight excluding hydrogens is 254 g/mol. The van der Waals surface area contributed by atoms with Crippen LogP contribution < -0.4 is 16.0 Å². The van der Waals surface area contributed by atoms with Gasteiger partial charge < -0.3 is 16.0 Å². The molecule has 1 aromatic rings. The minimum absolute atomic E-state index is 0.0610. The average molecular weight is 275 g/mol. The van der Waals surface area contributed by atoms with E-state index in [0.29, 0.717) is 13.0 Å². The minimum Gasteiger partial charge on any atom is -0.343 e. The zero-order valence-corrected chi connectivity index (χ0v) is 11.9. The van der Waals surface area contributed by atoms with Gasteiger partial charge in [0, 0.05) is 12.2 Å². The van der Waals surface area contributed by atoms with Crippen LogP contribution in [0.5, 0.6) is 0 Å². The highest BCUT2D eigenvalue weighted by Gasteiger charge is 2.31. The van der Waals surface area contributed by atoms with Crippen LogP contribution in [-0.2, 0) is 9.59 Å². The molecule has 0 bridgehead atoms. The molecule has 1 unspecified atom stereocenters. The summed E-state index contributed by atoms with van der Waals surface area (Å²) in [6.07, 6.45) is 1.53. The topological polar surface area (TPSA) is 75.4 Å². The zero-order chi connectivity index (χ0) is 14.7. The van der Waals surface area contributed by atoms with E-state index in [1.54, 1.807) is 11.8 Å². The van der Waals surface area contributed by atoms with Gasteiger partial charge in [0.25, 0.3) is 0 Å². The summed E-state index contributed by atoms with van der Waals surface area (Å²) in [5.41, 5.74) is 7.55. The van der Waals surface area contributed by atoms with E-state index in [0.717, 1.165) is 17.7 Å². The molecule has 1 heterocycles. The van der Waals surface area contributed by atoms with Gasteiger partial charge in [-0.05, 0) is 38.8 Å². The first-order valence-corrected chi connectivity index (χ1v) is 6.93. The van der Waals surface area contributed by atoms with Crippen molar-refractivity contribution in [3.8, 4) is 0 Å². The fraction of sp³-hybridized carbons (Fsp3) is 0.467. The highest BCUT2D eigenvalue weighted by molar-refractivity contribution is 6.00. The molecule has 2 atom stereocenters. The Labute approximate surface area is 119 Å². The Hall–Kier alpha value is -1.88. The lowest BCUT2D eigenvalue weighted by Crippen LogP contribution is -2.55. The predicted octanol–water partition coefficient (Wildman–Crippen LogP) is 0.954. The van der Waals surface area contributed by atoms with Gasteiger partial charge >= 0.3 is 0 Å². The second-order valence-corrected chi connectivity index (χ2v) is 5.32. The van der Waals surface area contributed by atoms with E-state index >= 15 is 0 Å². The quantitative estimate of drug-likeness (QED) is 0.862. The summed E-state index contributed by atoms with van der Waals surface area (Å²) in [5.74, 6) is -0.344. The van der Waals surface area contributed by atoms with Crippen molar-refractivity contribution in [3.05, 3.63) is 29.8 Å². The Morgan fingerprint density at radius 1 is 1.40 bits per heavy atom. The van der Waals surface area contributed by atoms with Crippen LogP contribution in [-0.4, -0.2) is 30.4 Å². The van der Waals surface area contributed by atoms with Crippen molar-refractivity contribution in [1.29, 1.82) is 0 Å². The molecule has 20 heavy (non-hydrogen) atoms. The standard InChI is InChI=1S/C15H21N3O2/c1-10-5-7-12(8-6-10)18-9-3-4-13(15(18)20)17-14(19)11(2)16/h5-8,11,13H,3-4,9,16H2,1-2H3,(H,17,19)/t11-,13?/m0/s1. The molecule has 1 saturated heterocycles. The monoisotopic (exact) mass is 275 g/mol. The first kappa shape index (κ1) is 14.5. The smallest absolute Gasteiger partial charge is 0.249 e. The molecule has 1 aliphatic rings. The Morgan fingerprint density at radius 3 is 2.65 bits per heavy atom. The van der Waals surface area contributed by atoms with Crippen molar-refractivity contribution in [2.75, 3.05) is 11.4 Å². The molecular formula is C15H21N3O2. The van der Waals surface area contributed by atoms with Gasteiger partial charge in [-0.3, -0.25) is 9.59 Å². The Kier molecular flexibility index (Phi) is 4.39. The van der Waals surface area contributed by atoms with Gasteiger partial charge in [0.05, 0.1) is 6.04 Å². The fourth-order valence-electron chi connectivity index (χ4n) is 2.29. The number of nitrogens with zero attached hydrogens (tertiary/aromatic N) is 1. The Balaban J connectivity index is 2.10. The Bertz CT molecular complexity index is 496. The largest absolute Gasteiger partial charge is 0.343 e. The number of nitrogens with one attached hydrogen (secondary N) is 1. The zero-order valence-electron chi connectivity index (χ0n) is 11.9. The third kappa shape index (κ3) is 3.17. The fourth-order valence-corrected chi connectivity index (χ4v) is 2.29. The lowest BCUT2D eigenvalue weighted by atomic mass is 10.0. The van der Waals surface area contributed by atoms with Gasteiger partial charge in [-0.15, -0.1) is 0 Å². The van der Waals surface area contributed by atoms with Gasteiger partial charge in [0.15, 0.2) is 0 Å². The molecule has 3 N–H and O–H groups in total. The number of aryl methyl sites for hydroxylation is 1. The first-order valence-electron chi connectivity index (χ1n) is 6.93. The molecule has 0 radical (unpaired) electrons. The van der Waals surface area contributed by atoms with Crippen molar-refractivity contribution < 1.29 is 9.59 Å².